The van der Waals surface area contributed by atoms with Gasteiger partial charge in [-0.3, -0.25) is 4.79 Å². The van der Waals surface area contributed by atoms with Crippen molar-refractivity contribution in [2.24, 2.45) is 0 Å². The molecule has 0 aliphatic heterocycles. The minimum absolute atomic E-state index is 0.149. The fourth-order valence-corrected chi connectivity index (χ4v) is 4.20. The van der Waals surface area contributed by atoms with Crippen molar-refractivity contribution in [1.29, 1.82) is 0 Å². The zero-order valence-electron chi connectivity index (χ0n) is 21.9. The van der Waals surface area contributed by atoms with Crippen molar-refractivity contribution in [1.82, 2.24) is 0 Å². The molecule has 4 nitrogen and oxygen atoms in total. The molecule has 0 amide bonds. The normalized spacial score (nSPS) is 12.4. The Bertz CT molecular complexity index is 802. The molecule has 2 aromatic carbocycles. The van der Waals surface area contributed by atoms with Crippen LogP contribution in [0.2, 0.25) is 0 Å². The molecule has 0 N–H and O–H groups in total. The minimum atomic E-state index is -0.168. The summed E-state index contributed by atoms with van der Waals surface area (Å²) in [7, 11) is 4.40. The smallest absolute Gasteiger partial charge is 0.306 e. The summed E-state index contributed by atoms with van der Waals surface area (Å²) in [6.45, 7) is 6.36. The van der Waals surface area contributed by atoms with Gasteiger partial charge in [0.15, 0.2) is 0 Å². The van der Waals surface area contributed by atoms with Gasteiger partial charge >= 0.3 is 5.97 Å². The molecule has 0 spiro atoms. The Morgan fingerprint density at radius 2 is 1.53 bits per heavy atom. The van der Waals surface area contributed by atoms with Gasteiger partial charge in [-0.1, -0.05) is 81.5 Å². The molecule has 0 saturated heterocycles. The van der Waals surface area contributed by atoms with Crippen LogP contribution in [0.25, 0.3) is 0 Å². The predicted molar refractivity (Wildman–Crippen MR) is 141 cm³/mol. The van der Waals surface area contributed by atoms with Gasteiger partial charge < -0.3 is 14.0 Å². The molecular weight excluding hydrogens is 422 g/mol. The van der Waals surface area contributed by atoms with Gasteiger partial charge in [0, 0.05) is 12.0 Å². The molecule has 0 aliphatic rings. The van der Waals surface area contributed by atoms with Crippen molar-refractivity contribution in [3.05, 3.63) is 65.7 Å². The Balaban J connectivity index is 1.59. The topological polar surface area (TPSA) is 35.5 Å². The van der Waals surface area contributed by atoms with Crippen LogP contribution in [0, 0.1) is 0 Å². The first kappa shape index (κ1) is 27.9. The van der Waals surface area contributed by atoms with Crippen LogP contribution in [0.5, 0.6) is 5.75 Å². The molecule has 1 atom stereocenters. The largest absolute Gasteiger partial charge is 0.487 e. The summed E-state index contributed by atoms with van der Waals surface area (Å²) >= 11 is 0. The molecule has 2 rings (SSSR count). The molecule has 0 radical (unpaired) electrons. The second-order valence-electron chi connectivity index (χ2n) is 10.2. The number of hydrogen-bond donors (Lipinski definition) is 0. The maximum atomic E-state index is 12.2. The van der Waals surface area contributed by atoms with E-state index in [0.717, 1.165) is 36.2 Å². The summed E-state index contributed by atoms with van der Waals surface area (Å²) in [6.07, 6.45) is 10.1. The molecule has 0 saturated carbocycles. The lowest BCUT2D eigenvalue weighted by molar-refractivity contribution is -0.903. The number of nitrogens with zero attached hydrogens (tertiary/aromatic N) is 1. The first-order chi connectivity index (χ1) is 16.4. The van der Waals surface area contributed by atoms with Crippen LogP contribution in [0.15, 0.2) is 54.6 Å². The summed E-state index contributed by atoms with van der Waals surface area (Å²) in [6, 6.07) is 18.8. The van der Waals surface area contributed by atoms with Crippen molar-refractivity contribution in [3.8, 4) is 5.75 Å². The average molecular weight is 469 g/mol. The van der Waals surface area contributed by atoms with Gasteiger partial charge in [-0.05, 0) is 37.5 Å². The zero-order valence-corrected chi connectivity index (χ0v) is 21.9. The molecule has 34 heavy (non-hydrogen) atoms. The second kappa shape index (κ2) is 15.5. The molecular formula is C30H46NO3+. The lowest BCUT2D eigenvalue weighted by Gasteiger charge is -2.29. The van der Waals surface area contributed by atoms with Crippen LogP contribution < -0.4 is 4.74 Å². The number of unbranched alkanes of at least 4 members (excludes halogenated alkanes) is 5. The lowest BCUT2D eigenvalue weighted by atomic mass is 10.0. The van der Waals surface area contributed by atoms with Gasteiger partial charge in [0.2, 0.25) is 0 Å². The zero-order chi connectivity index (χ0) is 24.7. The molecule has 0 bridgehead atoms. The third kappa shape index (κ3) is 12.2. The number of benzene rings is 2. The average Bonchev–Trinajstić information content (AvgIpc) is 2.81. The first-order valence-corrected chi connectivity index (χ1v) is 13.1. The summed E-state index contributed by atoms with van der Waals surface area (Å²) in [5, 5.41) is 0. The van der Waals surface area contributed by atoms with E-state index in [0.29, 0.717) is 6.42 Å². The maximum absolute atomic E-state index is 12.2. The number of carbonyl (C=O) groups is 1. The highest BCUT2D eigenvalue weighted by molar-refractivity contribution is 5.69. The number of esters is 1. The van der Waals surface area contributed by atoms with Crippen LogP contribution in [0.1, 0.15) is 76.3 Å². The van der Waals surface area contributed by atoms with E-state index >= 15 is 0 Å². The summed E-state index contributed by atoms with van der Waals surface area (Å²) in [4.78, 5) is 12.2. The molecule has 188 valence electrons. The fraction of sp³-hybridized carbons (Fsp3) is 0.567. The summed E-state index contributed by atoms with van der Waals surface area (Å²) in [5.41, 5.74) is 2.67. The Morgan fingerprint density at radius 3 is 2.24 bits per heavy atom. The lowest BCUT2D eigenvalue weighted by Crippen LogP contribution is -2.39. The number of hydrogen-bond acceptors (Lipinski definition) is 3. The van der Waals surface area contributed by atoms with Gasteiger partial charge in [-0.2, -0.15) is 0 Å². The van der Waals surface area contributed by atoms with E-state index in [9.17, 15) is 4.79 Å². The summed E-state index contributed by atoms with van der Waals surface area (Å²) in [5.74, 6) is 0.680. The molecule has 0 aliphatic carbocycles. The van der Waals surface area contributed by atoms with Crippen LogP contribution in [0.4, 0.5) is 0 Å². The van der Waals surface area contributed by atoms with Gasteiger partial charge in [0.05, 0.1) is 27.1 Å². The second-order valence-corrected chi connectivity index (χ2v) is 10.2. The number of carbonyl (C=O) groups excluding carboxylic acids is 1. The molecule has 2 aromatic rings. The first-order valence-electron chi connectivity index (χ1n) is 13.1. The maximum Gasteiger partial charge on any atom is 0.306 e. The predicted octanol–water partition coefficient (Wildman–Crippen LogP) is 6.96. The van der Waals surface area contributed by atoms with E-state index in [2.05, 4.69) is 57.4 Å². The monoisotopic (exact) mass is 468 g/mol. The summed E-state index contributed by atoms with van der Waals surface area (Å²) < 4.78 is 12.2. The number of ether oxygens (including phenoxy) is 2. The number of rotatable bonds is 17. The quantitative estimate of drug-likeness (QED) is 0.143. The number of quaternary nitrogens is 1. The minimum Gasteiger partial charge on any atom is -0.487 e. The molecule has 0 heterocycles. The van der Waals surface area contributed by atoms with E-state index in [-0.39, 0.29) is 18.7 Å². The third-order valence-corrected chi connectivity index (χ3v) is 6.16. The SMILES string of the molecule is CCCCCCCCc1ccc(OC(C)COC(=O)CCC[N+](C)(C)Cc2ccccc2)cc1. The van der Waals surface area contributed by atoms with Gasteiger partial charge in [0.1, 0.15) is 25.0 Å². The Morgan fingerprint density at radius 1 is 0.853 bits per heavy atom. The van der Waals surface area contributed by atoms with E-state index in [4.69, 9.17) is 9.47 Å². The van der Waals surface area contributed by atoms with E-state index < -0.39 is 0 Å². The highest BCUT2D eigenvalue weighted by Crippen LogP contribution is 2.17. The van der Waals surface area contributed by atoms with Crippen molar-refractivity contribution in [3.63, 3.8) is 0 Å². The highest BCUT2D eigenvalue weighted by atomic mass is 16.6. The third-order valence-electron chi connectivity index (χ3n) is 6.16. The van der Waals surface area contributed by atoms with Crippen molar-refractivity contribution in [2.75, 3.05) is 27.2 Å². The van der Waals surface area contributed by atoms with Gasteiger partial charge in [0.25, 0.3) is 0 Å². The van der Waals surface area contributed by atoms with Crippen LogP contribution >= 0.6 is 0 Å². The van der Waals surface area contributed by atoms with Crippen LogP contribution in [-0.4, -0.2) is 43.8 Å². The van der Waals surface area contributed by atoms with Gasteiger partial charge in [-0.15, -0.1) is 0 Å². The van der Waals surface area contributed by atoms with Crippen molar-refractivity contribution >= 4 is 5.97 Å². The Kier molecular flexibility index (Phi) is 12.8. The van der Waals surface area contributed by atoms with Crippen LogP contribution in [0.3, 0.4) is 0 Å². The molecule has 4 heteroatoms. The number of aryl methyl sites for hydroxylation is 1. The fourth-order valence-electron chi connectivity index (χ4n) is 4.20. The van der Waals surface area contributed by atoms with E-state index in [1.54, 1.807) is 0 Å². The molecule has 0 aromatic heterocycles. The van der Waals surface area contributed by atoms with Crippen LogP contribution in [-0.2, 0) is 22.5 Å². The van der Waals surface area contributed by atoms with E-state index in [1.807, 2.05) is 25.1 Å². The highest BCUT2D eigenvalue weighted by Gasteiger charge is 2.17. The Labute approximate surface area is 207 Å². The van der Waals surface area contributed by atoms with Crippen molar-refractivity contribution < 1.29 is 18.8 Å². The Hall–Kier alpha value is -2.33. The van der Waals surface area contributed by atoms with Gasteiger partial charge in [-0.25, -0.2) is 0 Å². The van der Waals surface area contributed by atoms with E-state index in [1.165, 1.54) is 49.7 Å². The standard InChI is InChI=1S/C30H46NO3/c1-5-6-7-8-9-11-15-27-19-21-29(22-20-27)34-26(2)25-33-30(32)18-14-23-31(3,4)24-28-16-12-10-13-17-28/h10,12-13,16-17,19-22,26H,5-9,11,14-15,18,23-25H2,1-4H3/q+1. The molecule has 0 fully saturated rings. The molecule has 1 unspecified atom stereocenters. The van der Waals surface area contributed by atoms with Crippen molar-refractivity contribution in [2.45, 2.75) is 84.3 Å².